The minimum absolute atomic E-state index is 0.118. The van der Waals surface area contributed by atoms with Gasteiger partial charge in [0.15, 0.2) is 0 Å². The number of aliphatic hydroxyl groups excluding tert-OH is 1. The first kappa shape index (κ1) is 20.9. The fraction of sp³-hybridized carbons (Fsp3) is 0.533. The summed E-state index contributed by atoms with van der Waals surface area (Å²) in [6.45, 7) is 7.31. The van der Waals surface area contributed by atoms with Gasteiger partial charge in [-0.2, -0.15) is 0 Å². The molecule has 0 spiro atoms. The third-order valence-electron chi connectivity index (χ3n) is 2.51. The van der Waals surface area contributed by atoms with Crippen molar-refractivity contribution >= 4 is 43.3 Å². The first-order chi connectivity index (χ1) is 9.80. The Morgan fingerprint density at radius 1 is 1.38 bits per heavy atom. The van der Waals surface area contributed by atoms with Crippen molar-refractivity contribution in [2.75, 3.05) is 6.61 Å². The van der Waals surface area contributed by atoms with E-state index in [0.717, 1.165) is 11.1 Å². The van der Waals surface area contributed by atoms with E-state index in [9.17, 15) is 9.90 Å². The van der Waals surface area contributed by atoms with Gasteiger partial charge in [-0.15, -0.1) is 0 Å². The van der Waals surface area contributed by atoms with Crippen LogP contribution in [0.15, 0.2) is 24.3 Å². The van der Waals surface area contributed by atoms with Gasteiger partial charge in [-0.1, -0.05) is 29.8 Å². The number of carbonyl (C=O) groups is 1. The molecule has 0 saturated heterocycles. The summed E-state index contributed by atoms with van der Waals surface area (Å²) < 4.78 is 5.17. The van der Waals surface area contributed by atoms with E-state index < -0.39 is 11.7 Å². The van der Waals surface area contributed by atoms with Crippen LogP contribution in [0, 0.1) is 6.92 Å². The number of alkyl carbamates (subject to hydrolysis) is 1. The Labute approximate surface area is 150 Å². The zero-order valence-electron chi connectivity index (χ0n) is 12.8. The van der Waals surface area contributed by atoms with E-state index in [1.807, 2.05) is 31.2 Å². The van der Waals surface area contributed by atoms with Gasteiger partial charge < -0.3 is 15.2 Å². The van der Waals surface area contributed by atoms with Crippen LogP contribution in [0.4, 0.5) is 4.79 Å². The smallest absolute Gasteiger partial charge is 0.407 e. The molecule has 6 heteroatoms. The molecule has 2 N–H and O–H groups in total. The van der Waals surface area contributed by atoms with E-state index in [-0.39, 0.29) is 12.6 Å². The summed E-state index contributed by atoms with van der Waals surface area (Å²) in [5, 5.41) is 12.0. The van der Waals surface area contributed by atoms with Crippen molar-refractivity contribution in [2.45, 2.75) is 45.8 Å². The zero-order chi connectivity index (χ0) is 16.5. The molecule has 1 amide bonds. The molecule has 0 aliphatic rings. The second-order valence-corrected chi connectivity index (χ2v) is 5.72. The number of aryl methyl sites for hydroxylation is 1. The normalized spacial score (nSPS) is 12.0. The number of carbonyl (C=O) groups excluding carboxylic acids is 1. The Kier molecular flexibility index (Phi) is 10.6. The molecule has 0 aliphatic heterocycles. The van der Waals surface area contributed by atoms with Crippen molar-refractivity contribution in [3.05, 3.63) is 35.4 Å². The molecule has 0 radical (unpaired) electrons. The molecule has 0 bridgehead atoms. The summed E-state index contributed by atoms with van der Waals surface area (Å²) in [5.41, 5.74) is 1.70. The van der Waals surface area contributed by atoms with E-state index in [4.69, 9.17) is 4.74 Å². The molecule has 0 aliphatic carbocycles. The van der Waals surface area contributed by atoms with E-state index >= 15 is 0 Å². The molecule has 0 fully saturated rings. The van der Waals surface area contributed by atoms with Crippen molar-refractivity contribution in [1.29, 1.82) is 0 Å². The minimum Gasteiger partial charge on any atom is -0.444 e. The number of amides is 1. The fourth-order valence-electron chi connectivity index (χ4n) is 1.76. The average molecular weight is 519 g/mol. The molecule has 1 unspecified atom stereocenters. The number of rotatable bonds is 4. The summed E-state index contributed by atoms with van der Waals surface area (Å²) in [7, 11) is 0. The largest absolute Gasteiger partial charge is 0.444 e. The van der Waals surface area contributed by atoms with Gasteiger partial charge in [-0.3, -0.25) is 0 Å². The lowest BCUT2D eigenvalue weighted by Gasteiger charge is -2.22. The van der Waals surface area contributed by atoms with Crippen LogP contribution in [0.1, 0.15) is 31.9 Å². The number of nitrogens with one attached hydrogen (secondary N) is 1. The topological polar surface area (TPSA) is 58.6 Å². The lowest BCUT2D eigenvalue weighted by Crippen LogP contribution is -2.42. The fourth-order valence-corrected chi connectivity index (χ4v) is 1.76. The molecule has 0 aromatic heterocycles. The number of halogens is 2. The van der Waals surface area contributed by atoms with Crippen molar-refractivity contribution in [2.24, 2.45) is 0 Å². The molecule has 1 aromatic carbocycles. The van der Waals surface area contributed by atoms with Gasteiger partial charge in [-0.05, 0) is 39.7 Å². The third-order valence-corrected chi connectivity index (χ3v) is 2.51. The summed E-state index contributed by atoms with van der Waals surface area (Å²) in [4.78, 5) is 11.6. The molecule has 0 heterocycles. The zero-order valence-corrected chi connectivity index (χ0v) is 17.1. The maximum atomic E-state index is 11.6. The predicted molar refractivity (Wildman–Crippen MR) is 103 cm³/mol. The second kappa shape index (κ2) is 10.6. The molecule has 4 nitrogen and oxygen atoms in total. The van der Waals surface area contributed by atoms with Crippen LogP contribution in [0.2, 0.25) is 0 Å². The van der Waals surface area contributed by atoms with Crippen LogP contribution in [-0.4, -0.2) is 29.4 Å². The van der Waals surface area contributed by atoms with Crippen LogP contribution in [-0.2, 0) is 11.2 Å². The van der Waals surface area contributed by atoms with E-state index in [1.165, 1.54) is 0 Å². The number of hydrogen-bond acceptors (Lipinski definition) is 3. The average Bonchev–Trinajstić information content (AvgIpc) is 2.38. The SMILES string of the molecule is Cc1cccc(CC(CO)NC(=O)OC(C)(C)C)c1.II. The molecule has 21 heavy (non-hydrogen) atoms. The van der Waals surface area contributed by atoms with Gasteiger partial charge in [0.25, 0.3) is 0 Å². The Bertz CT molecular complexity index is 433. The molecule has 1 rings (SSSR count). The molecular weight excluding hydrogens is 496 g/mol. The molecule has 1 atom stereocenters. The minimum atomic E-state index is -0.534. The van der Waals surface area contributed by atoms with E-state index in [0.29, 0.717) is 6.42 Å². The van der Waals surface area contributed by atoms with Gasteiger partial charge in [0.2, 0.25) is 0 Å². The molecule has 120 valence electrons. The van der Waals surface area contributed by atoms with Crippen LogP contribution in [0.3, 0.4) is 0 Å². The molecule has 0 saturated carbocycles. The number of benzene rings is 1. The summed E-state index contributed by atoms with van der Waals surface area (Å²) in [6.07, 6.45) is 0.0800. The van der Waals surface area contributed by atoms with Gasteiger partial charge in [-0.25, -0.2) is 4.79 Å². The first-order valence-corrected chi connectivity index (χ1v) is 12.9. The van der Waals surface area contributed by atoms with Crippen molar-refractivity contribution in [3.8, 4) is 0 Å². The Hall–Kier alpha value is -0.0900. The van der Waals surface area contributed by atoms with Crippen molar-refractivity contribution < 1.29 is 14.6 Å². The van der Waals surface area contributed by atoms with E-state index in [2.05, 4.69) is 42.5 Å². The lowest BCUT2D eigenvalue weighted by atomic mass is 10.0. The standard InChI is InChI=1S/C15H23NO3.I2/c1-11-6-5-7-12(8-11)9-13(10-17)16-14(18)19-15(2,3)4;1-2/h5-8,13,17H,9-10H2,1-4H3,(H,16,18);. The lowest BCUT2D eigenvalue weighted by molar-refractivity contribution is 0.0483. The highest BCUT2D eigenvalue weighted by Gasteiger charge is 2.19. The third kappa shape index (κ3) is 10.3. The quantitative estimate of drug-likeness (QED) is 0.587. The number of hydrogen-bond donors (Lipinski definition) is 2. The van der Waals surface area contributed by atoms with Gasteiger partial charge in [0.1, 0.15) is 5.60 Å². The Morgan fingerprint density at radius 3 is 2.48 bits per heavy atom. The van der Waals surface area contributed by atoms with Crippen LogP contribution in [0.5, 0.6) is 0 Å². The van der Waals surface area contributed by atoms with Crippen molar-refractivity contribution in [3.63, 3.8) is 0 Å². The van der Waals surface area contributed by atoms with Gasteiger partial charge in [0.05, 0.1) is 12.6 Å². The van der Waals surface area contributed by atoms with Gasteiger partial charge >= 0.3 is 6.09 Å². The predicted octanol–water partition coefficient (Wildman–Crippen LogP) is 4.19. The Morgan fingerprint density at radius 2 is 2.00 bits per heavy atom. The van der Waals surface area contributed by atoms with Gasteiger partial charge in [0, 0.05) is 37.2 Å². The second-order valence-electron chi connectivity index (χ2n) is 5.72. The highest BCUT2D eigenvalue weighted by molar-refractivity contribution is 15.0. The van der Waals surface area contributed by atoms with Crippen LogP contribution < -0.4 is 5.32 Å². The summed E-state index contributed by atoms with van der Waals surface area (Å²) in [6, 6.07) is 7.66. The highest BCUT2D eigenvalue weighted by Crippen LogP contribution is 2.09. The maximum Gasteiger partial charge on any atom is 0.407 e. The summed E-state index contributed by atoms with van der Waals surface area (Å²) >= 11 is 4.24. The summed E-state index contributed by atoms with van der Waals surface area (Å²) in [5.74, 6) is 0. The van der Waals surface area contributed by atoms with Crippen LogP contribution >= 0.6 is 37.2 Å². The maximum absolute atomic E-state index is 11.6. The highest BCUT2D eigenvalue weighted by atomic mass is 128. The number of aliphatic hydroxyl groups is 1. The van der Waals surface area contributed by atoms with E-state index in [1.54, 1.807) is 20.8 Å². The Balaban J connectivity index is 0.00000191. The molecule has 1 aromatic rings. The first-order valence-electron chi connectivity index (χ1n) is 6.60. The van der Waals surface area contributed by atoms with Crippen molar-refractivity contribution in [1.82, 2.24) is 5.32 Å². The van der Waals surface area contributed by atoms with Crippen LogP contribution in [0.25, 0.3) is 0 Å². The molecular formula is C15H23I2NO3. The number of ether oxygens (including phenoxy) is 1. The monoisotopic (exact) mass is 519 g/mol.